The number of rotatable bonds is 4. The van der Waals surface area contributed by atoms with E-state index >= 15 is 0 Å². The van der Waals surface area contributed by atoms with Gasteiger partial charge in [-0.15, -0.1) is 0 Å². The van der Waals surface area contributed by atoms with E-state index in [-0.39, 0.29) is 16.4 Å². The van der Waals surface area contributed by atoms with Gasteiger partial charge in [0.2, 0.25) is 0 Å². The fourth-order valence-electron chi connectivity index (χ4n) is 1.70. The largest absolute Gasteiger partial charge is 0.370 e. The molecule has 0 saturated heterocycles. The maximum absolute atomic E-state index is 13.1. The molecular weight excluding hydrogens is 300 g/mol. The van der Waals surface area contributed by atoms with Crippen molar-refractivity contribution in [2.45, 2.75) is 6.92 Å². The summed E-state index contributed by atoms with van der Waals surface area (Å²) in [5, 5.41) is 5.44. The van der Waals surface area contributed by atoms with Crippen LogP contribution in [0.2, 0.25) is 5.02 Å². The van der Waals surface area contributed by atoms with Crippen molar-refractivity contribution in [3.05, 3.63) is 52.7 Å². The Bertz CT molecular complexity index is 659. The summed E-state index contributed by atoms with van der Waals surface area (Å²) < 4.78 is 26.2. The fraction of sp³-hybridized carbons (Fsp3) is 0.143. The molecule has 0 unspecified atom stereocenters. The molecule has 1 aromatic carbocycles. The van der Waals surface area contributed by atoms with Gasteiger partial charge < -0.3 is 10.6 Å². The second-order valence-electron chi connectivity index (χ2n) is 4.17. The van der Waals surface area contributed by atoms with Crippen LogP contribution in [0.3, 0.4) is 0 Å². The molecule has 0 atom stereocenters. The molecule has 2 rings (SSSR count). The number of pyridine rings is 1. The van der Waals surface area contributed by atoms with Crippen molar-refractivity contribution in [3.63, 3.8) is 0 Å². The van der Waals surface area contributed by atoms with Crippen LogP contribution in [0, 0.1) is 11.6 Å². The van der Waals surface area contributed by atoms with Crippen LogP contribution in [-0.4, -0.2) is 17.4 Å². The number of halogens is 3. The summed E-state index contributed by atoms with van der Waals surface area (Å²) in [5.41, 5.74) is -0.0380. The SMILES string of the molecule is CCNc1ccc(Cl)c(C(=O)Nc2cc(F)cc(F)c2)n1. The summed E-state index contributed by atoms with van der Waals surface area (Å²) >= 11 is 5.92. The van der Waals surface area contributed by atoms with Crippen LogP contribution in [0.1, 0.15) is 17.4 Å². The van der Waals surface area contributed by atoms with Crippen molar-refractivity contribution in [3.8, 4) is 0 Å². The van der Waals surface area contributed by atoms with E-state index in [4.69, 9.17) is 11.6 Å². The smallest absolute Gasteiger partial charge is 0.275 e. The van der Waals surface area contributed by atoms with Gasteiger partial charge in [0.25, 0.3) is 5.91 Å². The Labute approximate surface area is 125 Å². The third-order valence-corrected chi connectivity index (χ3v) is 2.84. The van der Waals surface area contributed by atoms with Gasteiger partial charge in [-0.3, -0.25) is 4.79 Å². The molecule has 0 aliphatic rings. The summed E-state index contributed by atoms with van der Waals surface area (Å²) in [5.74, 6) is -1.74. The van der Waals surface area contributed by atoms with Crippen LogP contribution in [-0.2, 0) is 0 Å². The highest BCUT2D eigenvalue weighted by Gasteiger charge is 2.14. The Morgan fingerprint density at radius 1 is 1.24 bits per heavy atom. The number of nitrogens with zero attached hydrogens (tertiary/aromatic N) is 1. The van der Waals surface area contributed by atoms with Gasteiger partial charge >= 0.3 is 0 Å². The van der Waals surface area contributed by atoms with Crippen LogP contribution in [0.5, 0.6) is 0 Å². The lowest BCUT2D eigenvalue weighted by atomic mass is 10.2. The lowest BCUT2D eigenvalue weighted by molar-refractivity contribution is 0.102. The van der Waals surface area contributed by atoms with Crippen molar-refractivity contribution in [1.29, 1.82) is 0 Å². The van der Waals surface area contributed by atoms with Gasteiger partial charge in [0.05, 0.1) is 5.02 Å². The first-order chi connectivity index (χ1) is 9.99. The third-order valence-electron chi connectivity index (χ3n) is 2.54. The summed E-state index contributed by atoms with van der Waals surface area (Å²) in [7, 11) is 0. The summed E-state index contributed by atoms with van der Waals surface area (Å²) in [4.78, 5) is 16.1. The molecule has 1 aromatic heterocycles. The minimum absolute atomic E-state index is 0.00998. The first-order valence-corrected chi connectivity index (χ1v) is 6.55. The molecule has 0 aliphatic heterocycles. The second-order valence-corrected chi connectivity index (χ2v) is 4.58. The average molecular weight is 312 g/mol. The van der Waals surface area contributed by atoms with E-state index < -0.39 is 17.5 Å². The highest BCUT2D eigenvalue weighted by atomic mass is 35.5. The van der Waals surface area contributed by atoms with Crippen molar-refractivity contribution >= 4 is 29.0 Å². The van der Waals surface area contributed by atoms with Gasteiger partial charge in [-0.1, -0.05) is 11.6 Å². The predicted molar refractivity (Wildman–Crippen MR) is 77.7 cm³/mol. The average Bonchev–Trinajstić information content (AvgIpc) is 2.40. The molecule has 7 heteroatoms. The van der Waals surface area contributed by atoms with Crippen molar-refractivity contribution in [1.82, 2.24) is 4.98 Å². The van der Waals surface area contributed by atoms with E-state index in [1.807, 2.05) is 6.92 Å². The van der Waals surface area contributed by atoms with E-state index in [0.29, 0.717) is 18.4 Å². The van der Waals surface area contributed by atoms with Crippen LogP contribution in [0.25, 0.3) is 0 Å². The highest BCUT2D eigenvalue weighted by Crippen LogP contribution is 2.19. The predicted octanol–water partition coefficient (Wildman–Crippen LogP) is 3.70. The molecule has 1 amide bonds. The molecule has 0 bridgehead atoms. The fourth-order valence-corrected chi connectivity index (χ4v) is 1.89. The van der Waals surface area contributed by atoms with Gasteiger partial charge in [-0.2, -0.15) is 0 Å². The molecule has 0 fully saturated rings. The zero-order chi connectivity index (χ0) is 15.4. The summed E-state index contributed by atoms with van der Waals surface area (Å²) in [6.07, 6.45) is 0. The van der Waals surface area contributed by atoms with Crippen LogP contribution >= 0.6 is 11.6 Å². The van der Waals surface area contributed by atoms with E-state index in [2.05, 4.69) is 15.6 Å². The number of benzene rings is 1. The Balaban J connectivity index is 2.25. The molecule has 1 heterocycles. The molecule has 4 nitrogen and oxygen atoms in total. The van der Waals surface area contributed by atoms with Gasteiger partial charge in [-0.05, 0) is 31.2 Å². The third kappa shape index (κ3) is 3.88. The number of carbonyl (C=O) groups excluding carboxylic acids is 1. The van der Waals surface area contributed by atoms with Gasteiger partial charge in [0.15, 0.2) is 0 Å². The van der Waals surface area contributed by atoms with E-state index in [1.165, 1.54) is 6.07 Å². The van der Waals surface area contributed by atoms with Crippen LogP contribution < -0.4 is 10.6 Å². The quantitative estimate of drug-likeness (QED) is 0.905. The molecule has 0 radical (unpaired) electrons. The molecule has 0 spiro atoms. The van der Waals surface area contributed by atoms with Gasteiger partial charge in [-0.25, -0.2) is 13.8 Å². The zero-order valence-corrected chi connectivity index (χ0v) is 11.8. The number of carbonyl (C=O) groups is 1. The van der Waals surface area contributed by atoms with Crippen molar-refractivity contribution < 1.29 is 13.6 Å². The summed E-state index contributed by atoms with van der Waals surface area (Å²) in [6, 6.07) is 5.87. The number of anilines is 2. The monoisotopic (exact) mass is 311 g/mol. The molecule has 2 N–H and O–H groups in total. The minimum Gasteiger partial charge on any atom is -0.370 e. The lowest BCUT2D eigenvalue weighted by Gasteiger charge is -2.09. The molecule has 2 aromatic rings. The number of aromatic nitrogens is 1. The van der Waals surface area contributed by atoms with Crippen LogP contribution in [0.15, 0.2) is 30.3 Å². The first-order valence-electron chi connectivity index (χ1n) is 6.17. The first kappa shape index (κ1) is 15.2. The maximum atomic E-state index is 13.1. The van der Waals surface area contributed by atoms with Gasteiger partial charge in [0, 0.05) is 18.3 Å². The summed E-state index contributed by atoms with van der Waals surface area (Å²) in [6.45, 7) is 2.51. The minimum atomic E-state index is -0.786. The number of amides is 1. The number of nitrogens with one attached hydrogen (secondary N) is 2. The van der Waals surface area contributed by atoms with Crippen molar-refractivity contribution in [2.24, 2.45) is 0 Å². The standard InChI is InChI=1S/C14H12ClF2N3O/c1-2-18-12-4-3-11(15)13(20-12)14(21)19-10-6-8(16)5-9(17)7-10/h3-7H,2H2,1H3,(H,18,20)(H,19,21). The van der Waals surface area contributed by atoms with Gasteiger partial charge in [0.1, 0.15) is 23.1 Å². The van der Waals surface area contributed by atoms with E-state index in [9.17, 15) is 13.6 Å². The number of hydrogen-bond donors (Lipinski definition) is 2. The second kappa shape index (κ2) is 6.49. The zero-order valence-electron chi connectivity index (χ0n) is 11.1. The van der Waals surface area contributed by atoms with Crippen molar-refractivity contribution in [2.75, 3.05) is 17.2 Å². The number of hydrogen-bond acceptors (Lipinski definition) is 3. The highest BCUT2D eigenvalue weighted by molar-refractivity contribution is 6.34. The maximum Gasteiger partial charge on any atom is 0.275 e. The molecule has 0 saturated carbocycles. The topological polar surface area (TPSA) is 54.0 Å². The molecular formula is C14H12ClF2N3O. The lowest BCUT2D eigenvalue weighted by Crippen LogP contribution is -2.15. The normalized spacial score (nSPS) is 10.3. The van der Waals surface area contributed by atoms with E-state index in [1.54, 1.807) is 6.07 Å². The molecule has 110 valence electrons. The van der Waals surface area contributed by atoms with E-state index in [0.717, 1.165) is 12.1 Å². The Morgan fingerprint density at radius 3 is 2.52 bits per heavy atom. The Hall–Kier alpha value is -2.21. The Morgan fingerprint density at radius 2 is 1.90 bits per heavy atom. The molecule has 21 heavy (non-hydrogen) atoms. The van der Waals surface area contributed by atoms with Crippen LogP contribution in [0.4, 0.5) is 20.3 Å². The Kier molecular flexibility index (Phi) is 4.70. The molecule has 0 aliphatic carbocycles.